The van der Waals surface area contributed by atoms with E-state index in [2.05, 4.69) is 4.90 Å². The van der Waals surface area contributed by atoms with Gasteiger partial charge in [-0.05, 0) is 31.1 Å². The molecule has 0 N–H and O–H groups in total. The van der Waals surface area contributed by atoms with Crippen LogP contribution in [-0.4, -0.2) is 29.8 Å². The zero-order valence-electron chi connectivity index (χ0n) is 9.25. The Labute approximate surface area is 97.0 Å². The Bertz CT molecular complexity index is 218. The maximum absolute atomic E-state index is 11.8. The molecule has 2 rings (SSSR count). The Balaban J connectivity index is 1.82. The molecule has 1 heterocycles. The summed E-state index contributed by atoms with van der Waals surface area (Å²) < 4.78 is 0. The topological polar surface area (TPSA) is 20.3 Å². The quantitative estimate of drug-likeness (QED) is 0.682. The summed E-state index contributed by atoms with van der Waals surface area (Å²) >= 11 is 5.60. The molecular weight excluding hydrogens is 210 g/mol. The summed E-state index contributed by atoms with van der Waals surface area (Å²) in [5.74, 6) is 2.54. The molecule has 0 aromatic heterocycles. The first-order valence-corrected chi connectivity index (χ1v) is 6.68. The standard InChI is InChI=1S/C12H20ClNO/c13-7-3-6-12(15)14-8-10-4-1-2-5-11(10)9-14/h10-11H,1-9H2. The van der Waals surface area contributed by atoms with Crippen molar-refractivity contribution in [3.05, 3.63) is 0 Å². The average Bonchev–Trinajstić information content (AvgIpc) is 2.69. The molecule has 0 bridgehead atoms. The van der Waals surface area contributed by atoms with Crippen LogP contribution in [0, 0.1) is 11.8 Å². The number of halogens is 1. The molecule has 2 unspecified atom stereocenters. The van der Waals surface area contributed by atoms with Gasteiger partial charge in [-0.1, -0.05) is 12.8 Å². The molecule has 2 nitrogen and oxygen atoms in total. The van der Waals surface area contributed by atoms with Crippen LogP contribution in [0.2, 0.25) is 0 Å². The predicted molar refractivity (Wildman–Crippen MR) is 62.0 cm³/mol. The van der Waals surface area contributed by atoms with Gasteiger partial charge in [-0.2, -0.15) is 0 Å². The third-order valence-corrected chi connectivity index (χ3v) is 4.12. The third kappa shape index (κ3) is 2.66. The molecule has 2 fully saturated rings. The molecule has 1 aliphatic heterocycles. The summed E-state index contributed by atoms with van der Waals surface area (Å²) in [6.07, 6.45) is 6.87. The molecule has 0 spiro atoms. The number of carbonyl (C=O) groups excluding carboxylic acids is 1. The van der Waals surface area contributed by atoms with E-state index in [1.165, 1.54) is 25.7 Å². The Morgan fingerprint density at radius 3 is 2.33 bits per heavy atom. The third-order valence-electron chi connectivity index (χ3n) is 3.85. The minimum atomic E-state index is 0.324. The van der Waals surface area contributed by atoms with Crippen LogP contribution in [0.4, 0.5) is 0 Å². The zero-order chi connectivity index (χ0) is 10.7. The normalized spacial score (nSPS) is 30.3. The van der Waals surface area contributed by atoms with Gasteiger partial charge in [-0.15, -0.1) is 11.6 Å². The van der Waals surface area contributed by atoms with Gasteiger partial charge in [0.05, 0.1) is 0 Å². The number of likely N-dealkylation sites (tertiary alicyclic amines) is 1. The van der Waals surface area contributed by atoms with Crippen molar-refractivity contribution in [3.63, 3.8) is 0 Å². The summed E-state index contributed by atoms with van der Waals surface area (Å²) in [4.78, 5) is 13.9. The van der Waals surface area contributed by atoms with E-state index in [9.17, 15) is 4.79 Å². The van der Waals surface area contributed by atoms with Gasteiger partial charge in [0.1, 0.15) is 0 Å². The molecule has 2 aliphatic rings. The smallest absolute Gasteiger partial charge is 0.222 e. The van der Waals surface area contributed by atoms with E-state index in [0.717, 1.165) is 31.3 Å². The van der Waals surface area contributed by atoms with Crippen LogP contribution in [0.15, 0.2) is 0 Å². The Morgan fingerprint density at radius 1 is 1.20 bits per heavy atom. The van der Waals surface area contributed by atoms with Crippen LogP contribution >= 0.6 is 11.6 Å². The average molecular weight is 230 g/mol. The second kappa shape index (κ2) is 5.20. The summed E-state index contributed by atoms with van der Waals surface area (Å²) in [6.45, 7) is 2.04. The summed E-state index contributed by atoms with van der Waals surface area (Å²) in [6, 6.07) is 0. The monoisotopic (exact) mass is 229 g/mol. The number of amides is 1. The molecule has 1 saturated carbocycles. The first-order valence-electron chi connectivity index (χ1n) is 6.15. The molecule has 86 valence electrons. The lowest BCUT2D eigenvalue weighted by molar-refractivity contribution is -0.130. The Kier molecular flexibility index (Phi) is 3.90. The SMILES string of the molecule is O=C(CCCCl)N1CC2CCCCC2C1. The second-order valence-electron chi connectivity index (χ2n) is 4.90. The lowest BCUT2D eigenvalue weighted by atomic mass is 9.82. The summed E-state index contributed by atoms with van der Waals surface area (Å²) in [7, 11) is 0. The highest BCUT2D eigenvalue weighted by molar-refractivity contribution is 6.17. The number of rotatable bonds is 3. The predicted octanol–water partition coefficient (Wildman–Crippen LogP) is 2.65. The van der Waals surface area contributed by atoms with E-state index < -0.39 is 0 Å². The van der Waals surface area contributed by atoms with Gasteiger partial charge >= 0.3 is 0 Å². The molecule has 1 amide bonds. The van der Waals surface area contributed by atoms with Crippen molar-refractivity contribution >= 4 is 17.5 Å². The van der Waals surface area contributed by atoms with Crippen LogP contribution in [0.5, 0.6) is 0 Å². The van der Waals surface area contributed by atoms with Gasteiger partial charge in [0, 0.05) is 25.4 Å². The largest absolute Gasteiger partial charge is 0.342 e. The van der Waals surface area contributed by atoms with Crippen molar-refractivity contribution in [1.29, 1.82) is 0 Å². The van der Waals surface area contributed by atoms with Gasteiger partial charge in [-0.3, -0.25) is 4.79 Å². The highest BCUT2D eigenvalue weighted by Gasteiger charge is 2.35. The Hall–Kier alpha value is -0.240. The maximum atomic E-state index is 11.8. The van der Waals surface area contributed by atoms with E-state index >= 15 is 0 Å². The molecule has 0 radical (unpaired) electrons. The van der Waals surface area contributed by atoms with Crippen LogP contribution in [-0.2, 0) is 4.79 Å². The van der Waals surface area contributed by atoms with Crippen molar-refractivity contribution < 1.29 is 4.79 Å². The number of nitrogens with zero attached hydrogens (tertiary/aromatic N) is 1. The van der Waals surface area contributed by atoms with Crippen molar-refractivity contribution in [3.8, 4) is 0 Å². The van der Waals surface area contributed by atoms with E-state index in [1.54, 1.807) is 0 Å². The van der Waals surface area contributed by atoms with Crippen LogP contribution < -0.4 is 0 Å². The first kappa shape index (κ1) is 11.3. The molecule has 0 aromatic rings. The second-order valence-corrected chi connectivity index (χ2v) is 5.27. The van der Waals surface area contributed by atoms with Crippen LogP contribution in [0.3, 0.4) is 0 Å². The number of carbonyl (C=O) groups is 1. The maximum Gasteiger partial charge on any atom is 0.222 e. The van der Waals surface area contributed by atoms with Gasteiger partial charge < -0.3 is 4.90 Å². The van der Waals surface area contributed by atoms with Gasteiger partial charge in [-0.25, -0.2) is 0 Å². The Morgan fingerprint density at radius 2 is 1.80 bits per heavy atom. The number of fused-ring (bicyclic) bond motifs is 1. The fraction of sp³-hybridized carbons (Fsp3) is 0.917. The molecule has 3 heteroatoms. The van der Waals surface area contributed by atoms with Crippen molar-refractivity contribution in [1.82, 2.24) is 4.90 Å². The van der Waals surface area contributed by atoms with E-state index in [0.29, 0.717) is 18.2 Å². The van der Waals surface area contributed by atoms with E-state index in [1.807, 2.05) is 0 Å². The molecule has 15 heavy (non-hydrogen) atoms. The molecule has 1 aliphatic carbocycles. The molecule has 1 saturated heterocycles. The van der Waals surface area contributed by atoms with Crippen LogP contribution in [0.25, 0.3) is 0 Å². The van der Waals surface area contributed by atoms with Gasteiger partial charge in [0.25, 0.3) is 0 Å². The molecule has 0 aromatic carbocycles. The first-order chi connectivity index (χ1) is 7.31. The minimum Gasteiger partial charge on any atom is -0.342 e. The highest BCUT2D eigenvalue weighted by Crippen LogP contribution is 2.36. The zero-order valence-corrected chi connectivity index (χ0v) is 10.0. The van der Waals surface area contributed by atoms with Crippen molar-refractivity contribution in [2.45, 2.75) is 38.5 Å². The lowest BCUT2D eigenvalue weighted by Gasteiger charge is -2.22. The van der Waals surface area contributed by atoms with E-state index in [-0.39, 0.29) is 0 Å². The minimum absolute atomic E-state index is 0.324. The van der Waals surface area contributed by atoms with Crippen LogP contribution in [0.1, 0.15) is 38.5 Å². The summed E-state index contributed by atoms with van der Waals surface area (Å²) in [5, 5.41) is 0. The van der Waals surface area contributed by atoms with Crippen molar-refractivity contribution in [2.75, 3.05) is 19.0 Å². The summed E-state index contributed by atoms with van der Waals surface area (Å²) in [5.41, 5.74) is 0. The number of hydrogen-bond acceptors (Lipinski definition) is 1. The fourth-order valence-electron chi connectivity index (χ4n) is 2.99. The van der Waals surface area contributed by atoms with Gasteiger partial charge in [0.2, 0.25) is 5.91 Å². The fourth-order valence-corrected chi connectivity index (χ4v) is 3.12. The highest BCUT2D eigenvalue weighted by atomic mass is 35.5. The molecular formula is C12H20ClNO. The lowest BCUT2D eigenvalue weighted by Crippen LogP contribution is -2.28. The number of alkyl halides is 1. The van der Waals surface area contributed by atoms with Crippen molar-refractivity contribution in [2.24, 2.45) is 11.8 Å². The van der Waals surface area contributed by atoms with Gasteiger partial charge in [0.15, 0.2) is 0 Å². The van der Waals surface area contributed by atoms with E-state index in [4.69, 9.17) is 11.6 Å². The molecule has 2 atom stereocenters. The number of hydrogen-bond donors (Lipinski definition) is 0.